The van der Waals surface area contributed by atoms with E-state index in [0.29, 0.717) is 5.69 Å². The van der Waals surface area contributed by atoms with Gasteiger partial charge in [-0.1, -0.05) is 0 Å². The fraction of sp³-hybridized carbons (Fsp3) is 0. The van der Waals surface area contributed by atoms with Gasteiger partial charge in [0, 0.05) is 6.07 Å². The first kappa shape index (κ1) is 7.93. The van der Waals surface area contributed by atoms with E-state index in [0.717, 1.165) is 0 Å². The first-order valence-corrected chi connectivity index (χ1v) is 3.69. The number of nitrogens with one attached hydrogen (secondary N) is 1. The molecule has 0 aliphatic carbocycles. The Morgan fingerprint density at radius 3 is 2.85 bits per heavy atom. The number of hydrogen-bond acceptors (Lipinski definition) is 5. The molecule has 2 rings (SSSR count). The van der Waals surface area contributed by atoms with Crippen molar-refractivity contribution in [1.82, 2.24) is 20.3 Å². The normalized spacial score (nSPS) is 10.2. The highest BCUT2D eigenvalue weighted by atomic mass is 35.5. The van der Waals surface area contributed by atoms with Gasteiger partial charge in [-0.3, -0.25) is 4.79 Å². The van der Waals surface area contributed by atoms with E-state index in [4.69, 9.17) is 16.1 Å². The first-order chi connectivity index (χ1) is 6.25. The predicted octanol–water partition coefficient (Wildman–Crippen LogP) is 0.473. The molecule has 0 aromatic carbocycles. The van der Waals surface area contributed by atoms with Crippen LogP contribution in [0, 0.1) is 0 Å². The second-order valence-electron chi connectivity index (χ2n) is 2.17. The van der Waals surface area contributed by atoms with Crippen molar-refractivity contribution in [3.8, 4) is 11.6 Å². The molecule has 2 heterocycles. The third-order valence-electron chi connectivity index (χ3n) is 1.30. The summed E-state index contributed by atoms with van der Waals surface area (Å²) in [6.07, 6.45) is 0. The van der Waals surface area contributed by atoms with Crippen LogP contribution < -0.4 is 5.56 Å². The zero-order chi connectivity index (χ0) is 9.26. The minimum atomic E-state index is -0.297. The number of nitrogens with zero attached hydrogens (tertiary/aromatic N) is 3. The van der Waals surface area contributed by atoms with E-state index in [1.165, 1.54) is 12.1 Å². The third kappa shape index (κ3) is 1.57. The van der Waals surface area contributed by atoms with Crippen LogP contribution in [0.1, 0.15) is 0 Å². The molecular formula is C6H3ClN4O2. The van der Waals surface area contributed by atoms with Gasteiger partial charge in [0.15, 0.2) is 0 Å². The summed E-state index contributed by atoms with van der Waals surface area (Å²) in [7, 11) is 0. The highest BCUT2D eigenvalue weighted by Crippen LogP contribution is 2.13. The minimum absolute atomic E-state index is 0.00278. The molecule has 0 aliphatic rings. The van der Waals surface area contributed by atoms with Crippen LogP contribution in [0.2, 0.25) is 5.28 Å². The quantitative estimate of drug-likeness (QED) is 0.720. The van der Waals surface area contributed by atoms with Gasteiger partial charge in [-0.2, -0.15) is 10.1 Å². The molecule has 0 unspecified atom stereocenters. The van der Waals surface area contributed by atoms with E-state index in [1.54, 1.807) is 0 Å². The van der Waals surface area contributed by atoms with Gasteiger partial charge < -0.3 is 4.52 Å². The monoisotopic (exact) mass is 198 g/mol. The predicted molar refractivity (Wildman–Crippen MR) is 43.2 cm³/mol. The van der Waals surface area contributed by atoms with Crippen molar-refractivity contribution in [3.63, 3.8) is 0 Å². The number of hydrogen-bond donors (Lipinski definition) is 1. The maximum Gasteiger partial charge on any atom is 0.279 e. The molecule has 0 spiro atoms. The van der Waals surface area contributed by atoms with Gasteiger partial charge >= 0.3 is 0 Å². The van der Waals surface area contributed by atoms with Crippen LogP contribution in [-0.2, 0) is 0 Å². The molecule has 2 aromatic rings. The van der Waals surface area contributed by atoms with Crippen molar-refractivity contribution >= 4 is 11.6 Å². The summed E-state index contributed by atoms with van der Waals surface area (Å²) in [5.74, 6) is 0.168. The number of aromatic nitrogens is 4. The summed E-state index contributed by atoms with van der Waals surface area (Å²) < 4.78 is 4.71. The Hall–Kier alpha value is -1.69. The number of rotatable bonds is 1. The topological polar surface area (TPSA) is 84.7 Å². The van der Waals surface area contributed by atoms with Gasteiger partial charge in [0.1, 0.15) is 5.69 Å². The van der Waals surface area contributed by atoms with Crippen molar-refractivity contribution in [2.75, 3.05) is 0 Å². The Balaban J connectivity index is 2.47. The zero-order valence-electron chi connectivity index (χ0n) is 6.19. The van der Waals surface area contributed by atoms with E-state index in [9.17, 15) is 4.79 Å². The third-order valence-corrected chi connectivity index (χ3v) is 1.45. The van der Waals surface area contributed by atoms with Crippen LogP contribution in [0.25, 0.3) is 11.6 Å². The smallest absolute Gasteiger partial charge is 0.279 e. The summed E-state index contributed by atoms with van der Waals surface area (Å²) in [4.78, 5) is 14.4. The molecule has 66 valence electrons. The van der Waals surface area contributed by atoms with Crippen LogP contribution >= 0.6 is 11.6 Å². The van der Waals surface area contributed by atoms with Crippen molar-refractivity contribution in [2.24, 2.45) is 0 Å². The zero-order valence-corrected chi connectivity index (χ0v) is 6.95. The van der Waals surface area contributed by atoms with Gasteiger partial charge in [-0.05, 0) is 22.8 Å². The maximum atomic E-state index is 10.6. The van der Waals surface area contributed by atoms with Crippen LogP contribution in [0.4, 0.5) is 0 Å². The second-order valence-corrected chi connectivity index (χ2v) is 2.51. The van der Waals surface area contributed by atoms with E-state index < -0.39 is 0 Å². The van der Waals surface area contributed by atoms with Crippen LogP contribution in [-0.4, -0.2) is 20.3 Å². The number of H-pyrrole nitrogens is 1. The van der Waals surface area contributed by atoms with Crippen molar-refractivity contribution in [2.45, 2.75) is 0 Å². The standard InChI is InChI=1S/C6H3ClN4O2/c7-6-8-5(13-11-6)3-1-2-4(12)10-9-3/h1-2H,(H,10,12). The minimum Gasteiger partial charge on any atom is -0.331 e. The fourth-order valence-corrected chi connectivity index (χ4v) is 0.884. The SMILES string of the molecule is O=c1ccc(-c2nc(Cl)no2)n[nH]1. The molecule has 1 N–H and O–H groups in total. The lowest BCUT2D eigenvalue weighted by atomic mass is 10.4. The van der Waals surface area contributed by atoms with E-state index in [1.807, 2.05) is 0 Å². The number of halogens is 1. The Kier molecular flexibility index (Phi) is 1.82. The summed E-state index contributed by atoms with van der Waals surface area (Å²) in [6.45, 7) is 0. The Bertz CT molecular complexity index is 457. The molecule has 0 saturated carbocycles. The largest absolute Gasteiger partial charge is 0.331 e. The Morgan fingerprint density at radius 1 is 1.46 bits per heavy atom. The van der Waals surface area contributed by atoms with E-state index in [-0.39, 0.29) is 16.7 Å². The molecule has 13 heavy (non-hydrogen) atoms. The molecule has 0 amide bonds. The van der Waals surface area contributed by atoms with Crippen LogP contribution in [0.5, 0.6) is 0 Å². The van der Waals surface area contributed by atoms with Gasteiger partial charge in [0.2, 0.25) is 0 Å². The molecule has 0 radical (unpaired) electrons. The van der Waals surface area contributed by atoms with Gasteiger partial charge in [0.05, 0.1) is 0 Å². The second kappa shape index (κ2) is 2.98. The van der Waals surface area contributed by atoms with Crippen molar-refractivity contribution in [3.05, 3.63) is 27.8 Å². The first-order valence-electron chi connectivity index (χ1n) is 3.31. The van der Waals surface area contributed by atoms with Crippen molar-refractivity contribution in [1.29, 1.82) is 0 Å². The summed E-state index contributed by atoms with van der Waals surface area (Å²) in [6, 6.07) is 2.77. The van der Waals surface area contributed by atoms with Gasteiger partial charge in [0.25, 0.3) is 16.7 Å². The highest BCUT2D eigenvalue weighted by molar-refractivity contribution is 6.28. The Morgan fingerprint density at radius 2 is 2.31 bits per heavy atom. The van der Waals surface area contributed by atoms with Crippen LogP contribution in [0.15, 0.2) is 21.5 Å². The van der Waals surface area contributed by atoms with Crippen LogP contribution in [0.3, 0.4) is 0 Å². The highest BCUT2D eigenvalue weighted by Gasteiger charge is 2.07. The fourth-order valence-electron chi connectivity index (χ4n) is 0.773. The molecular weight excluding hydrogens is 196 g/mol. The maximum absolute atomic E-state index is 10.6. The molecule has 0 aliphatic heterocycles. The molecule has 2 aromatic heterocycles. The number of aromatic amines is 1. The molecule has 0 saturated heterocycles. The lowest BCUT2D eigenvalue weighted by molar-refractivity contribution is 0.428. The summed E-state index contributed by atoms with van der Waals surface area (Å²) in [5, 5.41) is 9.27. The Labute approximate surface area is 76.5 Å². The molecule has 6 nitrogen and oxygen atoms in total. The molecule has 0 fully saturated rings. The van der Waals surface area contributed by atoms with E-state index >= 15 is 0 Å². The van der Waals surface area contributed by atoms with E-state index in [2.05, 4.69) is 20.3 Å². The van der Waals surface area contributed by atoms with Crippen molar-refractivity contribution < 1.29 is 4.52 Å². The lowest BCUT2D eigenvalue weighted by Gasteiger charge is -1.88. The average molecular weight is 199 g/mol. The van der Waals surface area contributed by atoms with Gasteiger partial charge in [-0.25, -0.2) is 5.10 Å². The average Bonchev–Trinajstić information content (AvgIpc) is 2.53. The summed E-state index contributed by atoms with van der Waals surface area (Å²) in [5.41, 5.74) is 0.0772. The summed E-state index contributed by atoms with van der Waals surface area (Å²) >= 11 is 5.43. The molecule has 7 heteroatoms. The lowest BCUT2D eigenvalue weighted by Crippen LogP contribution is -2.05. The molecule has 0 atom stereocenters. The molecule has 0 bridgehead atoms. The van der Waals surface area contributed by atoms with Gasteiger partial charge in [-0.15, -0.1) is 0 Å².